The fraction of sp³-hybridized carbons (Fsp3) is 0.296. The fourth-order valence-electron chi connectivity index (χ4n) is 4.19. The van der Waals surface area contributed by atoms with E-state index in [-0.39, 0.29) is 16.4 Å². The molecule has 4 rings (SSSR count). The zero-order chi connectivity index (χ0) is 25.2. The van der Waals surface area contributed by atoms with E-state index in [1.54, 1.807) is 35.6 Å². The van der Waals surface area contributed by atoms with Gasteiger partial charge in [0.05, 0.1) is 5.56 Å². The number of nitrogens with zero attached hydrogens (tertiary/aromatic N) is 1. The Morgan fingerprint density at radius 3 is 2.69 bits per heavy atom. The maximum Gasteiger partial charge on any atom is 0.250 e. The number of anilines is 1. The molecule has 180 valence electrons. The molecule has 5 nitrogen and oxygen atoms in total. The summed E-state index contributed by atoms with van der Waals surface area (Å²) in [6.07, 6.45) is 5.86. The molecular formula is C27H26ClN3O2S2. The van der Waals surface area contributed by atoms with Crippen LogP contribution in [0.1, 0.15) is 49.0 Å². The van der Waals surface area contributed by atoms with E-state index in [4.69, 9.17) is 28.2 Å². The monoisotopic (exact) mass is 523 g/mol. The molecule has 0 saturated heterocycles. The molecular weight excluding hydrogens is 498 g/mol. The molecule has 1 amide bonds. The number of hydrogen-bond donors (Lipinski definition) is 2. The van der Waals surface area contributed by atoms with Crippen LogP contribution >= 0.6 is 35.2 Å². The van der Waals surface area contributed by atoms with Crippen molar-refractivity contribution in [1.82, 2.24) is 5.32 Å². The molecule has 1 aliphatic rings. The summed E-state index contributed by atoms with van der Waals surface area (Å²) in [5, 5.41) is 17.0. The van der Waals surface area contributed by atoms with E-state index in [0.29, 0.717) is 33.0 Å². The van der Waals surface area contributed by atoms with Gasteiger partial charge in [-0.2, -0.15) is 5.26 Å². The number of fused-ring (bicyclic) bond motifs is 1. The summed E-state index contributed by atoms with van der Waals surface area (Å²) >= 11 is 12.8. The number of hydrogen-bond acceptors (Lipinski definition) is 5. The number of nitrogens with one attached hydrogen (secondary N) is 2. The first-order valence-electron chi connectivity index (χ1n) is 11.3. The van der Waals surface area contributed by atoms with Crippen LogP contribution in [-0.4, -0.2) is 11.0 Å². The van der Waals surface area contributed by atoms with Crippen molar-refractivity contribution in [3.63, 3.8) is 0 Å². The van der Waals surface area contributed by atoms with Crippen LogP contribution in [0, 0.1) is 22.7 Å². The second-order valence-corrected chi connectivity index (χ2v) is 11.6. The first-order chi connectivity index (χ1) is 16.6. The molecule has 35 heavy (non-hydrogen) atoms. The van der Waals surface area contributed by atoms with E-state index in [1.807, 2.05) is 18.2 Å². The Morgan fingerprint density at radius 1 is 1.26 bits per heavy atom. The Balaban J connectivity index is 1.37. The van der Waals surface area contributed by atoms with Gasteiger partial charge in [-0.1, -0.05) is 32.4 Å². The van der Waals surface area contributed by atoms with Crippen LogP contribution in [0.5, 0.6) is 0 Å². The van der Waals surface area contributed by atoms with Crippen molar-refractivity contribution in [3.8, 4) is 17.4 Å². The van der Waals surface area contributed by atoms with Gasteiger partial charge in [0.1, 0.15) is 22.6 Å². The maximum absolute atomic E-state index is 12.4. The van der Waals surface area contributed by atoms with Crippen LogP contribution in [0.15, 0.2) is 46.9 Å². The molecule has 0 bridgehead atoms. The summed E-state index contributed by atoms with van der Waals surface area (Å²) in [6, 6.07) is 13.3. The number of rotatable bonds is 4. The van der Waals surface area contributed by atoms with E-state index in [0.717, 1.165) is 30.4 Å². The third kappa shape index (κ3) is 6.02. The van der Waals surface area contributed by atoms with Crippen LogP contribution in [0.25, 0.3) is 17.4 Å². The lowest BCUT2D eigenvalue weighted by Crippen LogP contribution is -2.32. The number of thiophene rings is 1. The second kappa shape index (κ2) is 10.4. The van der Waals surface area contributed by atoms with E-state index >= 15 is 0 Å². The zero-order valence-electron chi connectivity index (χ0n) is 19.8. The molecule has 0 radical (unpaired) electrons. The molecule has 1 atom stereocenters. The Bertz CT molecular complexity index is 1320. The van der Waals surface area contributed by atoms with E-state index in [1.165, 1.54) is 11.0 Å². The first-order valence-corrected chi connectivity index (χ1v) is 12.9. The van der Waals surface area contributed by atoms with Gasteiger partial charge in [0, 0.05) is 21.5 Å². The smallest absolute Gasteiger partial charge is 0.250 e. The van der Waals surface area contributed by atoms with Crippen molar-refractivity contribution in [2.24, 2.45) is 11.3 Å². The minimum atomic E-state index is -0.389. The van der Waals surface area contributed by atoms with Gasteiger partial charge in [0.25, 0.3) is 0 Å². The molecule has 0 fully saturated rings. The summed E-state index contributed by atoms with van der Waals surface area (Å²) in [4.78, 5) is 13.6. The molecule has 0 aliphatic heterocycles. The van der Waals surface area contributed by atoms with Crippen molar-refractivity contribution in [1.29, 1.82) is 5.26 Å². The minimum Gasteiger partial charge on any atom is -0.457 e. The third-order valence-corrected chi connectivity index (χ3v) is 7.85. The van der Waals surface area contributed by atoms with Crippen LogP contribution < -0.4 is 10.6 Å². The second-order valence-electron chi connectivity index (χ2n) is 9.61. The molecule has 0 saturated carbocycles. The number of carbonyl (C=O) groups is 1. The van der Waals surface area contributed by atoms with Crippen molar-refractivity contribution < 1.29 is 9.21 Å². The summed E-state index contributed by atoms with van der Waals surface area (Å²) in [6.45, 7) is 6.79. The number of furan rings is 1. The Morgan fingerprint density at radius 2 is 2.00 bits per heavy atom. The van der Waals surface area contributed by atoms with Crippen LogP contribution in [0.4, 0.5) is 5.00 Å². The van der Waals surface area contributed by atoms with E-state index in [9.17, 15) is 10.1 Å². The third-order valence-electron chi connectivity index (χ3n) is 6.22. The van der Waals surface area contributed by atoms with E-state index in [2.05, 4.69) is 37.5 Å². The van der Waals surface area contributed by atoms with Crippen molar-refractivity contribution >= 4 is 57.3 Å². The molecule has 2 heterocycles. The summed E-state index contributed by atoms with van der Waals surface area (Å²) in [5.41, 5.74) is 2.87. The highest BCUT2D eigenvalue weighted by Crippen LogP contribution is 2.44. The minimum absolute atomic E-state index is 0.156. The van der Waals surface area contributed by atoms with Crippen LogP contribution in [-0.2, 0) is 17.6 Å². The highest BCUT2D eigenvalue weighted by molar-refractivity contribution is 7.80. The number of benzene rings is 1. The quantitative estimate of drug-likeness (QED) is 0.279. The molecule has 1 aromatic carbocycles. The lowest BCUT2D eigenvalue weighted by Gasteiger charge is -2.33. The number of halogens is 1. The highest BCUT2D eigenvalue weighted by Gasteiger charge is 2.32. The fourth-order valence-corrected chi connectivity index (χ4v) is 5.86. The Labute approximate surface area is 219 Å². The molecule has 8 heteroatoms. The van der Waals surface area contributed by atoms with Gasteiger partial charge < -0.3 is 9.73 Å². The topological polar surface area (TPSA) is 78.1 Å². The van der Waals surface area contributed by atoms with Crippen LogP contribution in [0.3, 0.4) is 0 Å². The lowest BCUT2D eigenvalue weighted by molar-refractivity contribution is -0.115. The van der Waals surface area contributed by atoms with Gasteiger partial charge in [0.15, 0.2) is 5.11 Å². The number of nitriles is 1. The standard InChI is InChI=1S/C27H26ClN3O2S2/c1-27(2,3)17-6-11-20-21(15-29)25(35-23(20)14-17)31-26(34)30-24(32)13-10-19-9-12-22(33-19)16-4-7-18(28)8-5-16/h4-5,7-10,12-13,17H,6,11,14H2,1-3H3,(H2,30,31,32,34). The molecule has 2 N–H and O–H groups in total. The number of thiocarbonyl (C=S) groups is 1. The van der Waals surface area contributed by atoms with Gasteiger partial charge in [-0.3, -0.25) is 10.1 Å². The Hall–Kier alpha value is -2.92. The molecule has 3 aromatic rings. The Kier molecular flexibility index (Phi) is 7.46. The largest absolute Gasteiger partial charge is 0.457 e. The van der Waals surface area contributed by atoms with Crippen LogP contribution in [0.2, 0.25) is 5.02 Å². The molecule has 2 aromatic heterocycles. The summed E-state index contributed by atoms with van der Waals surface area (Å²) < 4.78 is 5.78. The number of amides is 1. The summed E-state index contributed by atoms with van der Waals surface area (Å²) in [5.74, 6) is 1.40. The lowest BCUT2D eigenvalue weighted by atomic mass is 9.72. The van der Waals surface area contributed by atoms with Gasteiger partial charge in [-0.15, -0.1) is 11.3 Å². The first kappa shape index (κ1) is 25.2. The zero-order valence-corrected chi connectivity index (χ0v) is 22.2. The summed E-state index contributed by atoms with van der Waals surface area (Å²) in [7, 11) is 0. The average molecular weight is 524 g/mol. The predicted molar refractivity (Wildman–Crippen MR) is 147 cm³/mol. The SMILES string of the molecule is CC(C)(C)C1CCc2c(sc(NC(=S)NC(=O)C=Cc3ccc(-c4ccc(Cl)cc4)o3)c2C#N)C1. The molecule has 1 aliphatic carbocycles. The van der Waals surface area contributed by atoms with Crippen molar-refractivity contribution in [2.75, 3.05) is 5.32 Å². The molecule has 0 spiro atoms. The van der Waals surface area contributed by atoms with Crippen molar-refractivity contribution in [2.45, 2.75) is 40.0 Å². The molecule has 1 unspecified atom stereocenters. The highest BCUT2D eigenvalue weighted by atomic mass is 35.5. The van der Waals surface area contributed by atoms with Gasteiger partial charge in [-0.05, 0) is 90.9 Å². The predicted octanol–water partition coefficient (Wildman–Crippen LogP) is 7.21. The van der Waals surface area contributed by atoms with Gasteiger partial charge >= 0.3 is 0 Å². The normalized spacial score (nSPS) is 15.5. The maximum atomic E-state index is 12.4. The number of carbonyl (C=O) groups excluding carboxylic acids is 1. The average Bonchev–Trinajstić information content (AvgIpc) is 3.41. The van der Waals surface area contributed by atoms with E-state index < -0.39 is 0 Å². The van der Waals surface area contributed by atoms with Crippen molar-refractivity contribution in [3.05, 3.63) is 69.3 Å². The van der Waals surface area contributed by atoms with Gasteiger partial charge in [-0.25, -0.2) is 0 Å². The van der Waals surface area contributed by atoms with Gasteiger partial charge in [0.2, 0.25) is 5.91 Å².